The van der Waals surface area contributed by atoms with Crippen molar-refractivity contribution in [2.24, 2.45) is 28.6 Å². The number of hydrogen-bond donors (Lipinski definition) is 1. The number of anilines is 1. The number of hydrogen-bond acceptors (Lipinski definition) is 4. The number of nitrogens with two attached hydrogens (primary N) is 1. The van der Waals surface area contributed by atoms with Crippen molar-refractivity contribution < 1.29 is 14.3 Å². The zero-order valence-electron chi connectivity index (χ0n) is 18.2. The number of rotatable bonds is 2. The number of ether oxygens (including phenoxy) is 1. The second-order valence-corrected chi connectivity index (χ2v) is 10.6. The first-order chi connectivity index (χ1) is 14.3. The lowest BCUT2D eigenvalue weighted by Gasteiger charge is -2.57. The van der Waals surface area contributed by atoms with Gasteiger partial charge in [-0.05, 0) is 98.5 Å². The molecule has 4 nitrogen and oxygen atoms in total. The van der Waals surface area contributed by atoms with Gasteiger partial charge in [0.2, 0.25) is 0 Å². The van der Waals surface area contributed by atoms with E-state index < -0.39 is 0 Å². The lowest BCUT2D eigenvalue weighted by atomic mass is 9.47. The molecule has 1 aromatic carbocycles. The number of fused-ring (bicyclic) bond motifs is 5. The fourth-order valence-corrected chi connectivity index (χ4v) is 7.52. The zero-order valence-corrected chi connectivity index (χ0v) is 18.2. The van der Waals surface area contributed by atoms with Crippen molar-refractivity contribution in [3.63, 3.8) is 0 Å². The SMILES string of the molecule is CC12CCC(=O)C=C1CCC1C2CCC2(C)C(OC(=O)c3ccc(N)cc3)CCC12. The quantitative estimate of drug-likeness (QED) is 0.532. The molecule has 0 amide bonds. The van der Waals surface area contributed by atoms with E-state index in [0.29, 0.717) is 41.2 Å². The minimum Gasteiger partial charge on any atom is -0.458 e. The van der Waals surface area contributed by atoms with Gasteiger partial charge >= 0.3 is 5.97 Å². The van der Waals surface area contributed by atoms with E-state index in [0.717, 1.165) is 32.1 Å². The van der Waals surface area contributed by atoms with Crippen molar-refractivity contribution >= 4 is 17.4 Å². The van der Waals surface area contributed by atoms with E-state index in [-0.39, 0.29) is 22.9 Å². The van der Waals surface area contributed by atoms with Gasteiger partial charge in [0.15, 0.2) is 5.78 Å². The van der Waals surface area contributed by atoms with Crippen LogP contribution >= 0.6 is 0 Å². The highest BCUT2D eigenvalue weighted by Crippen LogP contribution is 2.65. The minimum absolute atomic E-state index is 0.00816. The summed E-state index contributed by atoms with van der Waals surface area (Å²) in [7, 11) is 0. The topological polar surface area (TPSA) is 69.4 Å². The fourth-order valence-electron chi connectivity index (χ4n) is 7.52. The molecule has 3 fully saturated rings. The number of esters is 1. The van der Waals surface area contributed by atoms with Crippen LogP contribution in [0.4, 0.5) is 5.69 Å². The van der Waals surface area contributed by atoms with Crippen LogP contribution < -0.4 is 5.73 Å². The first kappa shape index (κ1) is 19.8. The van der Waals surface area contributed by atoms with Crippen LogP contribution in [0.5, 0.6) is 0 Å². The Morgan fingerprint density at radius 2 is 1.77 bits per heavy atom. The maximum atomic E-state index is 12.8. The summed E-state index contributed by atoms with van der Waals surface area (Å²) < 4.78 is 6.10. The van der Waals surface area contributed by atoms with Crippen molar-refractivity contribution in [2.45, 2.75) is 71.3 Å². The van der Waals surface area contributed by atoms with E-state index in [4.69, 9.17) is 10.5 Å². The van der Waals surface area contributed by atoms with Gasteiger partial charge in [-0.3, -0.25) is 4.79 Å². The Labute approximate surface area is 179 Å². The Hall–Kier alpha value is -2.10. The fraction of sp³-hybridized carbons (Fsp3) is 0.615. The predicted molar refractivity (Wildman–Crippen MR) is 117 cm³/mol. The van der Waals surface area contributed by atoms with E-state index in [9.17, 15) is 9.59 Å². The van der Waals surface area contributed by atoms with E-state index in [1.807, 2.05) is 6.08 Å². The van der Waals surface area contributed by atoms with E-state index in [1.54, 1.807) is 24.3 Å². The lowest BCUT2D eigenvalue weighted by molar-refractivity contribution is -0.118. The molecule has 2 N–H and O–H groups in total. The summed E-state index contributed by atoms with van der Waals surface area (Å²) in [5.41, 5.74) is 8.65. The van der Waals surface area contributed by atoms with E-state index in [2.05, 4.69) is 13.8 Å². The Morgan fingerprint density at radius 3 is 2.53 bits per heavy atom. The second-order valence-electron chi connectivity index (χ2n) is 10.6. The summed E-state index contributed by atoms with van der Waals surface area (Å²) in [6.07, 6.45) is 10.3. The molecular formula is C26H33NO3. The summed E-state index contributed by atoms with van der Waals surface area (Å²) in [4.78, 5) is 24.8. The molecule has 5 rings (SSSR count). The average Bonchev–Trinajstić information content (AvgIpc) is 3.05. The summed E-state index contributed by atoms with van der Waals surface area (Å²) >= 11 is 0. The Kier molecular flexibility index (Phi) is 4.61. The van der Waals surface area contributed by atoms with Gasteiger partial charge in [0.25, 0.3) is 0 Å². The summed E-state index contributed by atoms with van der Waals surface area (Å²) in [6.45, 7) is 4.78. The number of benzene rings is 1. The lowest BCUT2D eigenvalue weighted by Crippen LogP contribution is -2.51. The molecule has 4 heteroatoms. The van der Waals surface area contributed by atoms with Gasteiger partial charge in [-0.25, -0.2) is 4.79 Å². The van der Waals surface area contributed by atoms with Gasteiger partial charge in [0.1, 0.15) is 6.10 Å². The highest BCUT2D eigenvalue weighted by atomic mass is 16.5. The van der Waals surface area contributed by atoms with Gasteiger partial charge in [0, 0.05) is 17.5 Å². The van der Waals surface area contributed by atoms with Crippen molar-refractivity contribution in [1.29, 1.82) is 0 Å². The van der Waals surface area contributed by atoms with Crippen molar-refractivity contribution in [3.05, 3.63) is 41.5 Å². The van der Waals surface area contributed by atoms with Crippen LogP contribution in [0, 0.1) is 28.6 Å². The first-order valence-electron chi connectivity index (χ1n) is 11.6. The number of carbonyl (C=O) groups excluding carboxylic acids is 2. The van der Waals surface area contributed by atoms with Gasteiger partial charge < -0.3 is 10.5 Å². The molecule has 3 saturated carbocycles. The monoisotopic (exact) mass is 407 g/mol. The number of allylic oxidation sites excluding steroid dienone is 1. The molecule has 0 spiro atoms. The molecule has 0 saturated heterocycles. The third-order valence-corrected chi connectivity index (χ3v) is 9.27. The molecular weight excluding hydrogens is 374 g/mol. The van der Waals surface area contributed by atoms with Gasteiger partial charge in [0.05, 0.1) is 5.56 Å². The van der Waals surface area contributed by atoms with Crippen LogP contribution in [0.15, 0.2) is 35.9 Å². The molecule has 0 radical (unpaired) electrons. The van der Waals surface area contributed by atoms with Crippen LogP contribution in [-0.4, -0.2) is 17.9 Å². The smallest absolute Gasteiger partial charge is 0.338 e. The molecule has 6 atom stereocenters. The van der Waals surface area contributed by atoms with E-state index >= 15 is 0 Å². The Balaban J connectivity index is 1.35. The number of ketones is 1. The maximum absolute atomic E-state index is 12.8. The molecule has 1 aromatic rings. The first-order valence-corrected chi connectivity index (χ1v) is 11.6. The second kappa shape index (κ2) is 6.96. The Bertz CT molecular complexity index is 903. The molecule has 4 aliphatic rings. The van der Waals surface area contributed by atoms with Crippen molar-refractivity contribution in [3.8, 4) is 0 Å². The largest absolute Gasteiger partial charge is 0.458 e. The van der Waals surface area contributed by atoms with Crippen LogP contribution in [0.3, 0.4) is 0 Å². The van der Waals surface area contributed by atoms with Gasteiger partial charge in [-0.2, -0.15) is 0 Å². The number of nitrogen functional groups attached to an aromatic ring is 1. The molecule has 0 heterocycles. The van der Waals surface area contributed by atoms with Crippen molar-refractivity contribution in [2.75, 3.05) is 5.73 Å². The number of carbonyl (C=O) groups is 2. The highest BCUT2D eigenvalue weighted by molar-refractivity contribution is 5.91. The summed E-state index contributed by atoms with van der Waals surface area (Å²) in [5.74, 6) is 2.04. The maximum Gasteiger partial charge on any atom is 0.338 e. The van der Waals surface area contributed by atoms with Crippen LogP contribution in [0.25, 0.3) is 0 Å². The predicted octanol–water partition coefficient (Wildman–Crippen LogP) is 5.33. The molecule has 160 valence electrons. The summed E-state index contributed by atoms with van der Waals surface area (Å²) in [5, 5.41) is 0. The van der Waals surface area contributed by atoms with E-state index in [1.165, 1.54) is 18.4 Å². The molecule has 0 aromatic heterocycles. The molecule has 4 aliphatic carbocycles. The molecule has 6 unspecified atom stereocenters. The third kappa shape index (κ3) is 2.94. The van der Waals surface area contributed by atoms with Crippen molar-refractivity contribution in [1.82, 2.24) is 0 Å². The third-order valence-electron chi connectivity index (χ3n) is 9.27. The average molecular weight is 408 g/mol. The molecule has 30 heavy (non-hydrogen) atoms. The molecule has 0 aliphatic heterocycles. The van der Waals surface area contributed by atoms with Gasteiger partial charge in [-0.1, -0.05) is 19.4 Å². The van der Waals surface area contributed by atoms with Gasteiger partial charge in [-0.15, -0.1) is 0 Å². The van der Waals surface area contributed by atoms with Crippen LogP contribution in [-0.2, 0) is 9.53 Å². The zero-order chi connectivity index (χ0) is 21.1. The van der Waals surface area contributed by atoms with Crippen LogP contribution in [0.1, 0.15) is 75.6 Å². The normalized spacial score (nSPS) is 40.1. The van der Waals surface area contributed by atoms with Crippen LogP contribution in [0.2, 0.25) is 0 Å². The molecule has 0 bridgehead atoms. The Morgan fingerprint density at radius 1 is 1.00 bits per heavy atom. The summed E-state index contributed by atoms with van der Waals surface area (Å²) in [6, 6.07) is 7.01. The highest BCUT2D eigenvalue weighted by Gasteiger charge is 2.59. The minimum atomic E-state index is -0.226. The standard InChI is InChI=1S/C26H33NO3/c1-25-13-11-19(28)15-17(25)5-8-20-21-9-10-23(26(21,2)14-12-22(20)25)30-24(29)16-3-6-18(27)7-4-16/h3-4,6-7,15,20-23H,5,8-14,27H2,1-2H3.